The third-order valence-electron chi connectivity index (χ3n) is 2.65. The highest BCUT2D eigenvalue weighted by Gasteiger charge is 2.12. The fourth-order valence-electron chi connectivity index (χ4n) is 1.59. The number of aliphatic carboxylic acids is 1. The molecule has 0 atom stereocenters. The first-order valence-electron chi connectivity index (χ1n) is 6.68. The third-order valence-corrected chi connectivity index (χ3v) is 3.49. The van der Waals surface area contributed by atoms with Gasteiger partial charge in [0, 0.05) is 0 Å². The zero-order valence-corrected chi connectivity index (χ0v) is 13.1. The van der Waals surface area contributed by atoms with Gasteiger partial charge in [-0.05, 0) is 5.56 Å². The SMILES string of the molecule is N#Cc1cnc(SCC(=O)O)nc1NC(=O)OCc1ccccc1. The van der Waals surface area contributed by atoms with E-state index in [1.165, 1.54) is 6.20 Å². The number of aromatic nitrogens is 2. The summed E-state index contributed by atoms with van der Waals surface area (Å²) >= 11 is 0.876. The topological polar surface area (TPSA) is 125 Å². The van der Waals surface area contributed by atoms with Crippen LogP contribution in [-0.2, 0) is 16.1 Å². The van der Waals surface area contributed by atoms with E-state index < -0.39 is 12.1 Å². The maximum atomic E-state index is 11.8. The maximum absolute atomic E-state index is 11.8. The van der Waals surface area contributed by atoms with Gasteiger partial charge in [-0.25, -0.2) is 14.8 Å². The second-order valence-electron chi connectivity index (χ2n) is 4.40. The summed E-state index contributed by atoms with van der Waals surface area (Å²) in [6, 6.07) is 10.9. The second-order valence-corrected chi connectivity index (χ2v) is 5.34. The van der Waals surface area contributed by atoms with Crippen LogP contribution in [0.4, 0.5) is 10.6 Å². The smallest absolute Gasteiger partial charge is 0.413 e. The lowest BCUT2D eigenvalue weighted by atomic mass is 10.2. The summed E-state index contributed by atoms with van der Waals surface area (Å²) in [5.41, 5.74) is 0.861. The van der Waals surface area contributed by atoms with Crippen molar-refractivity contribution in [3.8, 4) is 6.07 Å². The van der Waals surface area contributed by atoms with E-state index in [-0.39, 0.29) is 28.9 Å². The number of hydrogen-bond donors (Lipinski definition) is 2. The van der Waals surface area contributed by atoms with Gasteiger partial charge in [0.25, 0.3) is 0 Å². The summed E-state index contributed by atoms with van der Waals surface area (Å²) in [6.45, 7) is 0.0697. The van der Waals surface area contributed by atoms with Crippen LogP contribution in [0.1, 0.15) is 11.1 Å². The molecular formula is C15H12N4O4S. The van der Waals surface area contributed by atoms with Gasteiger partial charge in [-0.3, -0.25) is 10.1 Å². The number of anilines is 1. The minimum absolute atomic E-state index is 0.0292. The first-order chi connectivity index (χ1) is 11.6. The molecule has 1 aromatic heterocycles. The molecule has 0 spiro atoms. The van der Waals surface area contributed by atoms with Crippen LogP contribution in [0.15, 0.2) is 41.7 Å². The van der Waals surface area contributed by atoms with E-state index in [0.29, 0.717) is 0 Å². The van der Waals surface area contributed by atoms with Crippen molar-refractivity contribution in [1.29, 1.82) is 5.26 Å². The Hall–Kier alpha value is -3.12. The van der Waals surface area contributed by atoms with E-state index in [2.05, 4.69) is 15.3 Å². The minimum atomic E-state index is -1.02. The van der Waals surface area contributed by atoms with Crippen LogP contribution in [0.3, 0.4) is 0 Å². The molecule has 0 aliphatic carbocycles. The Kier molecular flexibility index (Phi) is 6.10. The zero-order chi connectivity index (χ0) is 17.4. The van der Waals surface area contributed by atoms with Crippen LogP contribution in [0.25, 0.3) is 0 Å². The Bertz CT molecular complexity index is 777. The molecule has 122 valence electrons. The highest BCUT2D eigenvalue weighted by atomic mass is 32.2. The normalized spacial score (nSPS) is 9.79. The number of carbonyl (C=O) groups excluding carboxylic acids is 1. The Morgan fingerprint density at radius 2 is 2.08 bits per heavy atom. The van der Waals surface area contributed by atoms with Crippen LogP contribution < -0.4 is 5.32 Å². The number of benzene rings is 1. The summed E-state index contributed by atoms with van der Waals surface area (Å²) in [4.78, 5) is 30.2. The van der Waals surface area contributed by atoms with Crippen molar-refractivity contribution in [2.24, 2.45) is 0 Å². The molecule has 0 unspecified atom stereocenters. The number of nitrogens with one attached hydrogen (secondary N) is 1. The number of rotatable bonds is 6. The van der Waals surface area contributed by atoms with Crippen molar-refractivity contribution >= 4 is 29.6 Å². The van der Waals surface area contributed by atoms with Gasteiger partial charge in [-0.2, -0.15) is 5.26 Å². The van der Waals surface area contributed by atoms with Crippen molar-refractivity contribution in [2.45, 2.75) is 11.8 Å². The number of thioether (sulfide) groups is 1. The fraction of sp³-hybridized carbons (Fsp3) is 0.133. The van der Waals surface area contributed by atoms with Gasteiger partial charge in [0.05, 0.1) is 11.9 Å². The molecule has 2 N–H and O–H groups in total. The molecule has 0 fully saturated rings. The van der Waals surface area contributed by atoms with Crippen LogP contribution in [0.2, 0.25) is 0 Å². The number of nitriles is 1. The molecule has 2 aromatic rings. The average Bonchev–Trinajstić information content (AvgIpc) is 2.59. The van der Waals surface area contributed by atoms with Crippen molar-refractivity contribution < 1.29 is 19.4 Å². The summed E-state index contributed by atoms with van der Waals surface area (Å²) in [7, 11) is 0. The molecule has 2 rings (SSSR count). The van der Waals surface area contributed by atoms with Gasteiger partial charge in [0.15, 0.2) is 11.0 Å². The molecule has 1 heterocycles. The molecule has 0 bridgehead atoms. The Morgan fingerprint density at radius 1 is 1.33 bits per heavy atom. The first kappa shape index (κ1) is 17.2. The lowest BCUT2D eigenvalue weighted by molar-refractivity contribution is -0.133. The van der Waals surface area contributed by atoms with Crippen molar-refractivity contribution in [3.63, 3.8) is 0 Å². The molecule has 1 amide bonds. The molecular weight excluding hydrogens is 332 g/mol. The molecule has 0 saturated carbocycles. The van der Waals surface area contributed by atoms with Crippen molar-refractivity contribution in [1.82, 2.24) is 9.97 Å². The maximum Gasteiger partial charge on any atom is 0.413 e. The second kappa shape index (κ2) is 8.50. The van der Waals surface area contributed by atoms with E-state index in [9.17, 15) is 9.59 Å². The van der Waals surface area contributed by atoms with E-state index in [1.54, 1.807) is 12.1 Å². The fourth-order valence-corrected chi connectivity index (χ4v) is 2.13. The van der Waals surface area contributed by atoms with Crippen molar-refractivity contribution in [2.75, 3.05) is 11.1 Å². The standard InChI is InChI=1S/C15H12N4O4S/c16-6-11-7-17-14(24-9-12(20)21)18-13(11)19-15(22)23-8-10-4-2-1-3-5-10/h1-5,7H,8-9H2,(H,20,21)(H,17,18,19,22). The van der Waals surface area contributed by atoms with Crippen LogP contribution in [0.5, 0.6) is 0 Å². The predicted molar refractivity (Wildman–Crippen MR) is 85.4 cm³/mol. The van der Waals surface area contributed by atoms with E-state index in [1.807, 2.05) is 24.3 Å². The number of carboxylic acids is 1. The number of carboxylic acid groups (broad SMARTS) is 1. The first-order valence-corrected chi connectivity index (χ1v) is 7.66. The highest BCUT2D eigenvalue weighted by molar-refractivity contribution is 7.99. The van der Waals surface area contributed by atoms with Crippen LogP contribution in [0, 0.1) is 11.3 Å². The van der Waals surface area contributed by atoms with Gasteiger partial charge < -0.3 is 9.84 Å². The van der Waals surface area contributed by atoms with Crippen LogP contribution >= 0.6 is 11.8 Å². The summed E-state index contributed by atoms with van der Waals surface area (Å²) < 4.78 is 5.05. The Morgan fingerprint density at radius 3 is 2.75 bits per heavy atom. The minimum Gasteiger partial charge on any atom is -0.481 e. The van der Waals surface area contributed by atoms with Crippen LogP contribution in [-0.4, -0.2) is 32.9 Å². The largest absolute Gasteiger partial charge is 0.481 e. The summed E-state index contributed by atoms with van der Waals surface area (Å²) in [5.74, 6) is -1.28. The number of carbonyl (C=O) groups is 2. The van der Waals surface area contributed by atoms with E-state index >= 15 is 0 Å². The average molecular weight is 344 g/mol. The summed E-state index contributed by atoms with van der Waals surface area (Å²) in [6.07, 6.45) is 0.438. The van der Waals surface area contributed by atoms with Gasteiger partial charge in [0.2, 0.25) is 0 Å². The molecule has 8 nitrogen and oxygen atoms in total. The number of hydrogen-bond acceptors (Lipinski definition) is 7. The highest BCUT2D eigenvalue weighted by Crippen LogP contribution is 2.18. The monoisotopic (exact) mass is 344 g/mol. The lowest BCUT2D eigenvalue weighted by Crippen LogP contribution is -2.16. The molecule has 0 aliphatic heterocycles. The Balaban J connectivity index is 2.01. The lowest BCUT2D eigenvalue weighted by Gasteiger charge is -2.08. The van der Waals surface area contributed by atoms with E-state index in [4.69, 9.17) is 15.1 Å². The molecule has 0 saturated heterocycles. The predicted octanol–water partition coefficient (Wildman–Crippen LogP) is 2.27. The number of ether oxygens (including phenoxy) is 1. The van der Waals surface area contributed by atoms with Gasteiger partial charge in [0.1, 0.15) is 18.2 Å². The molecule has 24 heavy (non-hydrogen) atoms. The molecule has 9 heteroatoms. The zero-order valence-electron chi connectivity index (χ0n) is 12.3. The number of nitrogens with zero attached hydrogens (tertiary/aromatic N) is 3. The van der Waals surface area contributed by atoms with Gasteiger partial charge >= 0.3 is 12.1 Å². The quantitative estimate of drug-likeness (QED) is 0.604. The molecule has 0 aliphatic rings. The van der Waals surface area contributed by atoms with Gasteiger partial charge in [-0.1, -0.05) is 42.1 Å². The Labute approximate surface area is 141 Å². The van der Waals surface area contributed by atoms with Gasteiger partial charge in [-0.15, -0.1) is 0 Å². The molecule has 0 radical (unpaired) electrons. The third kappa shape index (κ3) is 5.26. The number of amides is 1. The molecule has 1 aromatic carbocycles. The van der Waals surface area contributed by atoms with E-state index in [0.717, 1.165) is 17.3 Å². The summed E-state index contributed by atoms with van der Waals surface area (Å²) in [5, 5.41) is 20.2. The van der Waals surface area contributed by atoms with Crippen molar-refractivity contribution in [3.05, 3.63) is 47.7 Å².